The molecule has 0 bridgehead atoms. The molecule has 2 rings (SSSR count). The molecular formula is C14H20N2O3S2. The van der Waals surface area contributed by atoms with Crippen LogP contribution in [0.25, 0.3) is 0 Å². The Balaban J connectivity index is 2.04. The van der Waals surface area contributed by atoms with Crippen LogP contribution in [-0.4, -0.2) is 56.9 Å². The van der Waals surface area contributed by atoms with Crippen LogP contribution in [0.1, 0.15) is 12.0 Å². The maximum absolute atomic E-state index is 12.4. The van der Waals surface area contributed by atoms with Crippen LogP contribution in [0.15, 0.2) is 29.2 Å². The van der Waals surface area contributed by atoms with Gasteiger partial charge < -0.3 is 10.5 Å². The van der Waals surface area contributed by atoms with E-state index in [0.29, 0.717) is 18.7 Å². The van der Waals surface area contributed by atoms with Crippen molar-refractivity contribution in [2.45, 2.75) is 11.3 Å². The summed E-state index contributed by atoms with van der Waals surface area (Å²) in [6.45, 7) is 3.59. The van der Waals surface area contributed by atoms with Crippen molar-refractivity contribution in [2.24, 2.45) is 5.73 Å². The van der Waals surface area contributed by atoms with Crippen LogP contribution in [0.3, 0.4) is 0 Å². The summed E-state index contributed by atoms with van der Waals surface area (Å²) in [4.78, 5) is 2.61. The van der Waals surface area contributed by atoms with Gasteiger partial charge in [-0.25, -0.2) is 8.42 Å². The molecule has 116 valence electrons. The third-order valence-electron chi connectivity index (χ3n) is 3.47. The van der Waals surface area contributed by atoms with Gasteiger partial charge in [0, 0.05) is 31.8 Å². The van der Waals surface area contributed by atoms with Crippen molar-refractivity contribution in [2.75, 3.05) is 38.6 Å². The van der Waals surface area contributed by atoms with Gasteiger partial charge in [-0.1, -0.05) is 24.4 Å². The Labute approximate surface area is 131 Å². The first-order chi connectivity index (χ1) is 9.99. The molecule has 0 aromatic heterocycles. The van der Waals surface area contributed by atoms with Gasteiger partial charge in [-0.05, 0) is 18.6 Å². The molecule has 7 heteroatoms. The Morgan fingerprint density at radius 2 is 2.14 bits per heavy atom. The van der Waals surface area contributed by atoms with E-state index in [1.54, 1.807) is 24.3 Å². The van der Waals surface area contributed by atoms with E-state index in [2.05, 4.69) is 4.90 Å². The minimum absolute atomic E-state index is 0.0911. The summed E-state index contributed by atoms with van der Waals surface area (Å²) in [5, 5.41) is 0. The molecule has 1 aliphatic rings. The number of nitrogens with two attached hydrogens (primary N) is 1. The molecule has 0 saturated carbocycles. The van der Waals surface area contributed by atoms with Gasteiger partial charge in [0.15, 0.2) is 9.84 Å². The van der Waals surface area contributed by atoms with Crippen molar-refractivity contribution in [1.82, 2.24) is 4.90 Å². The third-order valence-corrected chi connectivity index (χ3v) is 5.40. The molecule has 0 unspecified atom stereocenters. The number of rotatable bonds is 5. The second kappa shape index (κ2) is 7.31. The molecule has 5 nitrogen and oxygen atoms in total. The van der Waals surface area contributed by atoms with Crippen LogP contribution in [0.5, 0.6) is 0 Å². The van der Waals surface area contributed by atoms with E-state index >= 15 is 0 Å². The molecule has 21 heavy (non-hydrogen) atoms. The van der Waals surface area contributed by atoms with Gasteiger partial charge in [0.25, 0.3) is 0 Å². The van der Waals surface area contributed by atoms with Crippen LogP contribution >= 0.6 is 12.2 Å². The Morgan fingerprint density at radius 1 is 1.33 bits per heavy atom. The number of benzene rings is 1. The molecule has 0 amide bonds. The summed E-state index contributed by atoms with van der Waals surface area (Å²) in [6.07, 6.45) is 0.941. The Bertz CT molecular complexity index is 594. The van der Waals surface area contributed by atoms with Crippen molar-refractivity contribution in [3.63, 3.8) is 0 Å². The second-order valence-electron chi connectivity index (χ2n) is 5.02. The highest BCUT2D eigenvalue weighted by molar-refractivity contribution is 7.91. The highest BCUT2D eigenvalue weighted by Gasteiger charge is 2.18. The summed E-state index contributed by atoms with van der Waals surface area (Å²) >= 11 is 4.89. The molecular weight excluding hydrogens is 308 g/mol. The van der Waals surface area contributed by atoms with E-state index in [9.17, 15) is 8.42 Å². The number of hydrogen-bond donors (Lipinski definition) is 1. The Hall–Kier alpha value is -1.02. The lowest BCUT2D eigenvalue weighted by atomic mass is 10.2. The highest BCUT2D eigenvalue weighted by atomic mass is 32.2. The summed E-state index contributed by atoms with van der Waals surface area (Å²) in [6, 6.07) is 6.51. The highest BCUT2D eigenvalue weighted by Crippen LogP contribution is 2.14. The van der Waals surface area contributed by atoms with Gasteiger partial charge in [0.1, 0.15) is 4.99 Å². The summed E-state index contributed by atoms with van der Waals surface area (Å²) in [5.74, 6) is 0.0911. The molecule has 2 N–H and O–H groups in total. The Morgan fingerprint density at radius 3 is 2.90 bits per heavy atom. The van der Waals surface area contributed by atoms with Crippen molar-refractivity contribution in [1.29, 1.82) is 0 Å². The second-order valence-corrected chi connectivity index (χ2v) is 7.57. The van der Waals surface area contributed by atoms with E-state index in [1.807, 2.05) is 0 Å². The Kier molecular flexibility index (Phi) is 5.69. The number of thiocarbonyl (C=S) groups is 1. The van der Waals surface area contributed by atoms with Crippen LogP contribution in [0.4, 0.5) is 0 Å². The van der Waals surface area contributed by atoms with Crippen molar-refractivity contribution < 1.29 is 13.2 Å². The van der Waals surface area contributed by atoms with E-state index in [4.69, 9.17) is 22.7 Å². The zero-order valence-electron chi connectivity index (χ0n) is 11.8. The molecule has 1 fully saturated rings. The smallest absolute Gasteiger partial charge is 0.179 e. The van der Waals surface area contributed by atoms with Crippen LogP contribution in [-0.2, 0) is 14.6 Å². The first kappa shape index (κ1) is 16.4. The number of ether oxygens (including phenoxy) is 1. The van der Waals surface area contributed by atoms with Gasteiger partial charge in [-0.15, -0.1) is 0 Å². The van der Waals surface area contributed by atoms with Crippen molar-refractivity contribution >= 4 is 27.0 Å². The summed E-state index contributed by atoms with van der Waals surface area (Å²) < 4.78 is 30.2. The maximum atomic E-state index is 12.4. The van der Waals surface area contributed by atoms with Crippen molar-refractivity contribution in [3.8, 4) is 0 Å². The molecule has 1 aromatic carbocycles. The maximum Gasteiger partial charge on any atom is 0.179 e. The summed E-state index contributed by atoms with van der Waals surface area (Å²) in [5.41, 5.74) is 6.13. The average Bonchev–Trinajstić information content (AvgIpc) is 2.74. The van der Waals surface area contributed by atoms with Gasteiger partial charge in [0.05, 0.1) is 17.3 Å². The standard InChI is InChI=1S/C14H20N2O3S2/c15-14(20)12-3-1-4-13(11-12)21(17,18)10-7-16-5-2-8-19-9-6-16/h1,3-4,11H,2,5-10H2,(H2,15,20). The predicted octanol–water partition coefficient (Wildman–Crippen LogP) is 0.817. The quantitative estimate of drug-likeness (QED) is 0.807. The lowest BCUT2D eigenvalue weighted by molar-refractivity contribution is 0.142. The molecule has 0 atom stereocenters. The van der Waals surface area contributed by atoms with Gasteiger partial charge in [-0.3, -0.25) is 4.90 Å². The molecule has 0 spiro atoms. The van der Waals surface area contributed by atoms with Gasteiger partial charge >= 0.3 is 0 Å². The van der Waals surface area contributed by atoms with Crippen molar-refractivity contribution in [3.05, 3.63) is 29.8 Å². The molecule has 1 aromatic rings. The normalized spacial score (nSPS) is 17.3. The van der Waals surface area contributed by atoms with Gasteiger partial charge in [-0.2, -0.15) is 0 Å². The average molecular weight is 328 g/mol. The predicted molar refractivity (Wildman–Crippen MR) is 86.3 cm³/mol. The fourth-order valence-electron chi connectivity index (χ4n) is 2.23. The topological polar surface area (TPSA) is 72.6 Å². The molecule has 1 heterocycles. The lowest BCUT2D eigenvalue weighted by Gasteiger charge is -2.18. The van der Waals surface area contributed by atoms with Gasteiger partial charge in [0.2, 0.25) is 0 Å². The number of sulfone groups is 1. The van der Waals surface area contributed by atoms with Crippen LogP contribution in [0, 0.1) is 0 Å². The fraction of sp³-hybridized carbons (Fsp3) is 0.500. The monoisotopic (exact) mass is 328 g/mol. The third kappa shape index (κ3) is 4.74. The largest absolute Gasteiger partial charge is 0.389 e. The number of hydrogen-bond acceptors (Lipinski definition) is 5. The molecule has 1 saturated heterocycles. The minimum atomic E-state index is -3.33. The van der Waals surface area contributed by atoms with E-state index < -0.39 is 9.84 Å². The van der Waals surface area contributed by atoms with E-state index in [-0.39, 0.29) is 15.6 Å². The number of nitrogens with zero attached hydrogens (tertiary/aromatic N) is 1. The van der Waals surface area contributed by atoms with E-state index in [0.717, 1.165) is 26.1 Å². The zero-order chi connectivity index (χ0) is 15.3. The van der Waals surface area contributed by atoms with E-state index in [1.165, 1.54) is 0 Å². The minimum Gasteiger partial charge on any atom is -0.389 e. The molecule has 0 radical (unpaired) electrons. The summed E-state index contributed by atoms with van der Waals surface area (Å²) in [7, 11) is -3.33. The molecule has 1 aliphatic heterocycles. The lowest BCUT2D eigenvalue weighted by Crippen LogP contribution is -2.31. The fourth-order valence-corrected chi connectivity index (χ4v) is 3.68. The van der Waals surface area contributed by atoms with Crippen LogP contribution in [0.2, 0.25) is 0 Å². The molecule has 0 aliphatic carbocycles. The van der Waals surface area contributed by atoms with Crippen LogP contribution < -0.4 is 5.73 Å². The first-order valence-corrected chi connectivity index (χ1v) is 8.98. The SMILES string of the molecule is NC(=S)c1cccc(S(=O)(=O)CCN2CCCOCC2)c1. The first-order valence-electron chi connectivity index (χ1n) is 6.92. The zero-order valence-corrected chi connectivity index (χ0v) is 13.5.